The highest BCUT2D eigenvalue weighted by Crippen LogP contribution is 2.30. The summed E-state index contributed by atoms with van der Waals surface area (Å²) in [5.74, 6) is 0.813. The third kappa shape index (κ3) is 2.79. The molecule has 0 bridgehead atoms. The van der Waals surface area contributed by atoms with Crippen LogP contribution in [0.5, 0.6) is 0 Å². The molecule has 1 aromatic heterocycles. The molecular weight excluding hydrogens is 238 g/mol. The molecule has 1 aliphatic rings. The second-order valence-corrected chi connectivity index (χ2v) is 5.47. The second-order valence-electron chi connectivity index (χ2n) is 5.47. The van der Waals surface area contributed by atoms with E-state index in [1.807, 2.05) is 13.2 Å². The van der Waals surface area contributed by atoms with E-state index >= 15 is 0 Å². The molecule has 0 amide bonds. The van der Waals surface area contributed by atoms with Gasteiger partial charge in [-0.1, -0.05) is 13.3 Å². The molecule has 19 heavy (non-hydrogen) atoms. The van der Waals surface area contributed by atoms with Gasteiger partial charge in [-0.15, -0.1) is 0 Å². The highest BCUT2D eigenvalue weighted by molar-refractivity contribution is 5.24. The Morgan fingerprint density at radius 1 is 1.47 bits per heavy atom. The van der Waals surface area contributed by atoms with Gasteiger partial charge >= 0.3 is 0 Å². The number of fused-ring (bicyclic) bond motifs is 1. The maximum Gasteiger partial charge on any atom is 0.160 e. The Morgan fingerprint density at radius 3 is 2.89 bits per heavy atom. The van der Waals surface area contributed by atoms with Gasteiger partial charge in [0.2, 0.25) is 0 Å². The molecular formula is C15H25N3O. The molecule has 0 saturated carbocycles. The van der Waals surface area contributed by atoms with Gasteiger partial charge in [-0.3, -0.25) is 0 Å². The summed E-state index contributed by atoms with van der Waals surface area (Å²) in [5, 5.41) is 3.38. The minimum atomic E-state index is -0.378. The van der Waals surface area contributed by atoms with Crippen LogP contribution in [-0.4, -0.2) is 24.1 Å². The van der Waals surface area contributed by atoms with E-state index in [-0.39, 0.29) is 5.60 Å². The number of aryl methyl sites for hydroxylation is 1. The van der Waals surface area contributed by atoms with Crippen LogP contribution in [0.25, 0.3) is 0 Å². The van der Waals surface area contributed by atoms with Crippen LogP contribution < -0.4 is 5.32 Å². The molecule has 2 rings (SSSR count). The summed E-state index contributed by atoms with van der Waals surface area (Å²) in [4.78, 5) is 9.38. The first-order valence-corrected chi connectivity index (χ1v) is 7.23. The van der Waals surface area contributed by atoms with E-state index in [9.17, 15) is 0 Å². The van der Waals surface area contributed by atoms with Gasteiger partial charge in [0.05, 0.1) is 0 Å². The van der Waals surface area contributed by atoms with Crippen LogP contribution in [-0.2, 0) is 16.8 Å². The Hall–Kier alpha value is -1.00. The maximum absolute atomic E-state index is 5.61. The SMILES string of the molecule is CCC(C)(OC)c1ncc2c(n1)CCCCC2NC. The minimum absolute atomic E-state index is 0.378. The zero-order valence-corrected chi connectivity index (χ0v) is 12.5. The molecule has 0 fully saturated rings. The first kappa shape index (κ1) is 14.4. The molecule has 0 spiro atoms. The van der Waals surface area contributed by atoms with Gasteiger partial charge in [0.15, 0.2) is 5.82 Å². The van der Waals surface area contributed by atoms with E-state index < -0.39 is 0 Å². The zero-order chi connectivity index (χ0) is 13.9. The fraction of sp³-hybridized carbons (Fsp3) is 0.733. The Balaban J connectivity index is 2.40. The van der Waals surface area contributed by atoms with Gasteiger partial charge in [0, 0.05) is 30.6 Å². The molecule has 1 aliphatic carbocycles. The van der Waals surface area contributed by atoms with Gasteiger partial charge < -0.3 is 10.1 Å². The highest BCUT2D eigenvalue weighted by Gasteiger charge is 2.29. The molecule has 1 N–H and O–H groups in total. The first-order valence-electron chi connectivity index (χ1n) is 7.23. The molecule has 2 unspecified atom stereocenters. The smallest absolute Gasteiger partial charge is 0.160 e. The van der Waals surface area contributed by atoms with Crippen LogP contribution in [0.15, 0.2) is 6.20 Å². The van der Waals surface area contributed by atoms with Crippen molar-refractivity contribution in [2.24, 2.45) is 0 Å². The van der Waals surface area contributed by atoms with Crippen molar-refractivity contribution < 1.29 is 4.74 Å². The van der Waals surface area contributed by atoms with Gasteiger partial charge in [-0.25, -0.2) is 9.97 Å². The largest absolute Gasteiger partial charge is 0.371 e. The standard InChI is InChI=1S/C15H25N3O/c1-5-15(2,19-4)14-17-10-11-12(16-3)8-6-7-9-13(11)18-14/h10,12,16H,5-9H2,1-4H3. The van der Waals surface area contributed by atoms with E-state index in [4.69, 9.17) is 9.72 Å². The van der Waals surface area contributed by atoms with Crippen LogP contribution in [0, 0.1) is 0 Å². The topological polar surface area (TPSA) is 47.0 Å². The fourth-order valence-electron chi connectivity index (χ4n) is 2.66. The Bertz CT molecular complexity index is 429. The second kappa shape index (κ2) is 5.97. The molecule has 0 radical (unpaired) electrons. The average molecular weight is 263 g/mol. The van der Waals surface area contributed by atoms with Crippen LogP contribution >= 0.6 is 0 Å². The lowest BCUT2D eigenvalue weighted by molar-refractivity contribution is -0.00921. The first-order chi connectivity index (χ1) is 9.14. The van der Waals surface area contributed by atoms with E-state index in [1.54, 1.807) is 7.11 Å². The molecule has 1 heterocycles. The van der Waals surface area contributed by atoms with E-state index in [2.05, 4.69) is 24.1 Å². The van der Waals surface area contributed by atoms with Crippen LogP contribution in [0.3, 0.4) is 0 Å². The predicted octanol–water partition coefficient (Wildman–Crippen LogP) is 2.74. The summed E-state index contributed by atoms with van der Waals surface area (Å²) in [6.07, 6.45) is 7.53. The van der Waals surface area contributed by atoms with Gasteiger partial charge in [-0.05, 0) is 39.7 Å². The maximum atomic E-state index is 5.61. The molecule has 0 aliphatic heterocycles. The molecule has 2 atom stereocenters. The summed E-state index contributed by atoms with van der Waals surface area (Å²) in [6, 6.07) is 0.391. The molecule has 0 saturated heterocycles. The third-order valence-corrected chi connectivity index (χ3v) is 4.38. The summed E-state index contributed by atoms with van der Waals surface area (Å²) < 4.78 is 5.61. The van der Waals surface area contributed by atoms with Crippen LogP contribution in [0.2, 0.25) is 0 Å². The van der Waals surface area contributed by atoms with Crippen molar-refractivity contribution in [2.45, 2.75) is 57.6 Å². The van der Waals surface area contributed by atoms with E-state index in [0.29, 0.717) is 6.04 Å². The number of nitrogens with one attached hydrogen (secondary N) is 1. The summed E-state index contributed by atoms with van der Waals surface area (Å²) >= 11 is 0. The molecule has 4 heteroatoms. The lowest BCUT2D eigenvalue weighted by Crippen LogP contribution is -2.27. The third-order valence-electron chi connectivity index (χ3n) is 4.38. The summed E-state index contributed by atoms with van der Waals surface area (Å²) in [7, 11) is 3.74. The molecule has 1 aromatic rings. The normalized spacial score (nSPS) is 22.4. The van der Waals surface area contributed by atoms with Gasteiger partial charge in [0.25, 0.3) is 0 Å². The molecule has 106 valence electrons. The van der Waals surface area contributed by atoms with Crippen molar-refractivity contribution in [3.63, 3.8) is 0 Å². The monoisotopic (exact) mass is 263 g/mol. The Labute approximate surface area is 116 Å². The summed E-state index contributed by atoms with van der Waals surface area (Å²) in [5.41, 5.74) is 2.08. The molecule has 0 aromatic carbocycles. The number of aromatic nitrogens is 2. The number of nitrogens with zero attached hydrogens (tertiary/aromatic N) is 2. The van der Waals surface area contributed by atoms with Crippen molar-refractivity contribution in [1.82, 2.24) is 15.3 Å². The molecule has 4 nitrogen and oxygen atoms in total. The van der Waals surface area contributed by atoms with Crippen molar-refractivity contribution in [3.8, 4) is 0 Å². The fourth-order valence-corrected chi connectivity index (χ4v) is 2.66. The number of methoxy groups -OCH3 is 1. The van der Waals surface area contributed by atoms with E-state index in [0.717, 1.165) is 18.7 Å². The van der Waals surface area contributed by atoms with Gasteiger partial charge in [-0.2, -0.15) is 0 Å². The van der Waals surface area contributed by atoms with Crippen molar-refractivity contribution >= 4 is 0 Å². The van der Waals surface area contributed by atoms with Crippen molar-refractivity contribution in [3.05, 3.63) is 23.3 Å². The van der Waals surface area contributed by atoms with Crippen LogP contribution in [0.1, 0.15) is 62.7 Å². The van der Waals surface area contributed by atoms with Crippen LogP contribution in [0.4, 0.5) is 0 Å². The van der Waals surface area contributed by atoms with Crippen molar-refractivity contribution in [2.75, 3.05) is 14.2 Å². The van der Waals surface area contributed by atoms with Gasteiger partial charge in [0.1, 0.15) is 5.60 Å². The number of rotatable bonds is 4. The van der Waals surface area contributed by atoms with Crippen molar-refractivity contribution in [1.29, 1.82) is 0 Å². The number of hydrogen-bond donors (Lipinski definition) is 1. The number of hydrogen-bond acceptors (Lipinski definition) is 4. The highest BCUT2D eigenvalue weighted by atomic mass is 16.5. The van der Waals surface area contributed by atoms with E-state index in [1.165, 1.54) is 30.5 Å². The zero-order valence-electron chi connectivity index (χ0n) is 12.5. The lowest BCUT2D eigenvalue weighted by atomic mass is 10.0. The average Bonchev–Trinajstić information content (AvgIpc) is 2.67. The Kier molecular flexibility index (Phi) is 4.53. The summed E-state index contributed by atoms with van der Waals surface area (Å²) in [6.45, 7) is 4.16. The Morgan fingerprint density at radius 2 is 2.26 bits per heavy atom. The quantitative estimate of drug-likeness (QED) is 0.849. The predicted molar refractivity (Wildman–Crippen MR) is 76.0 cm³/mol. The number of ether oxygens (including phenoxy) is 1. The lowest BCUT2D eigenvalue weighted by Gasteiger charge is -2.26. The minimum Gasteiger partial charge on any atom is -0.371 e.